The summed E-state index contributed by atoms with van der Waals surface area (Å²) in [4.78, 5) is 15.4. The summed E-state index contributed by atoms with van der Waals surface area (Å²) in [7, 11) is 0. The van der Waals surface area contributed by atoms with Gasteiger partial charge in [-0.2, -0.15) is 0 Å². The van der Waals surface area contributed by atoms with Crippen LogP contribution in [0.2, 0.25) is 0 Å². The van der Waals surface area contributed by atoms with Crippen molar-refractivity contribution in [2.24, 2.45) is 0 Å². The summed E-state index contributed by atoms with van der Waals surface area (Å²) in [6.07, 6.45) is 1.69. The van der Waals surface area contributed by atoms with Crippen molar-refractivity contribution in [1.29, 1.82) is 0 Å². The van der Waals surface area contributed by atoms with Gasteiger partial charge in [0.05, 0.1) is 33.5 Å². The second-order valence-corrected chi connectivity index (χ2v) is 21.5. The number of rotatable bonds is 5. The van der Waals surface area contributed by atoms with Crippen molar-refractivity contribution in [3.05, 3.63) is 149 Å². The highest BCUT2D eigenvalue weighted by molar-refractivity contribution is 5.99. The predicted octanol–water partition coefficient (Wildman–Crippen LogP) is 15.1. The summed E-state index contributed by atoms with van der Waals surface area (Å²) in [6.45, 7) is 31.0. The quantitative estimate of drug-likeness (QED) is 0.188. The summed E-state index contributed by atoms with van der Waals surface area (Å²) in [5, 5.41) is 13.6. The van der Waals surface area contributed by atoms with E-state index in [1.807, 2.05) is 0 Å². The van der Waals surface area contributed by atoms with E-state index in [0.717, 1.165) is 77.8 Å². The SMILES string of the molecule is Cc1cc(C)c2ncnc(-c3cc(-c4cccc5c4nc(-c4cc(C(C)(C)C)cc(C(C)(C)C)c4O)n5-c4ccc(C(C)(C)C)cc4-c4ccccc4)cc(C(C)(C)C)c3)c2c1. The van der Waals surface area contributed by atoms with Gasteiger partial charge in [-0.3, -0.25) is 4.57 Å². The predicted molar refractivity (Wildman–Crippen MR) is 262 cm³/mol. The summed E-state index contributed by atoms with van der Waals surface area (Å²) in [5.74, 6) is 0.955. The van der Waals surface area contributed by atoms with Crippen LogP contribution in [0.4, 0.5) is 0 Å². The number of phenolic OH excluding ortho intramolecular Hbond substituents is 1. The molecule has 316 valence electrons. The van der Waals surface area contributed by atoms with Gasteiger partial charge in [-0.05, 0) is 111 Å². The number of imidazole rings is 1. The Morgan fingerprint density at radius 2 is 1.15 bits per heavy atom. The molecule has 5 heteroatoms. The molecule has 62 heavy (non-hydrogen) atoms. The van der Waals surface area contributed by atoms with E-state index in [1.165, 1.54) is 16.7 Å². The van der Waals surface area contributed by atoms with Gasteiger partial charge in [0.25, 0.3) is 0 Å². The van der Waals surface area contributed by atoms with Crippen molar-refractivity contribution < 1.29 is 5.11 Å². The van der Waals surface area contributed by atoms with Crippen LogP contribution in [0.5, 0.6) is 5.75 Å². The molecule has 0 aliphatic rings. The summed E-state index contributed by atoms with van der Waals surface area (Å²) in [6, 6.07) is 39.6. The largest absolute Gasteiger partial charge is 0.507 e. The summed E-state index contributed by atoms with van der Waals surface area (Å²) in [5.41, 5.74) is 16.8. The van der Waals surface area contributed by atoms with Crippen molar-refractivity contribution in [1.82, 2.24) is 19.5 Å². The van der Waals surface area contributed by atoms with E-state index in [-0.39, 0.29) is 27.4 Å². The number of aromatic hydroxyl groups is 1. The molecule has 0 bridgehead atoms. The van der Waals surface area contributed by atoms with E-state index in [4.69, 9.17) is 15.0 Å². The number of para-hydroxylation sites is 1. The van der Waals surface area contributed by atoms with E-state index < -0.39 is 0 Å². The highest BCUT2D eigenvalue weighted by Crippen LogP contribution is 2.46. The van der Waals surface area contributed by atoms with Crippen LogP contribution in [0.1, 0.15) is 116 Å². The van der Waals surface area contributed by atoms with Gasteiger partial charge in [0.15, 0.2) is 0 Å². The lowest BCUT2D eigenvalue weighted by Gasteiger charge is -2.28. The minimum Gasteiger partial charge on any atom is -0.507 e. The maximum atomic E-state index is 12.5. The molecule has 0 saturated carbocycles. The van der Waals surface area contributed by atoms with E-state index in [0.29, 0.717) is 11.4 Å². The lowest BCUT2D eigenvalue weighted by Crippen LogP contribution is -2.17. The van der Waals surface area contributed by atoms with Gasteiger partial charge >= 0.3 is 0 Å². The second kappa shape index (κ2) is 15.1. The molecule has 0 amide bonds. The van der Waals surface area contributed by atoms with E-state index in [1.54, 1.807) is 6.33 Å². The Labute approximate surface area is 369 Å². The molecule has 8 rings (SSSR count). The number of phenols is 1. The third-order valence-corrected chi connectivity index (χ3v) is 12.4. The van der Waals surface area contributed by atoms with Crippen molar-refractivity contribution in [2.75, 3.05) is 0 Å². The van der Waals surface area contributed by atoms with E-state index in [9.17, 15) is 5.11 Å². The van der Waals surface area contributed by atoms with Crippen molar-refractivity contribution in [3.8, 4) is 56.3 Å². The number of aromatic nitrogens is 4. The molecule has 8 aromatic rings. The van der Waals surface area contributed by atoms with Gasteiger partial charge in [0.2, 0.25) is 0 Å². The fourth-order valence-electron chi connectivity index (χ4n) is 8.72. The topological polar surface area (TPSA) is 63.8 Å². The third-order valence-electron chi connectivity index (χ3n) is 12.4. The van der Waals surface area contributed by atoms with E-state index in [2.05, 4.69) is 211 Å². The smallest absolute Gasteiger partial charge is 0.149 e. The molecule has 2 heterocycles. The second-order valence-electron chi connectivity index (χ2n) is 21.5. The number of nitrogens with zero attached hydrogens (tertiary/aromatic N) is 4. The molecule has 6 aromatic carbocycles. The first-order valence-corrected chi connectivity index (χ1v) is 22.0. The first-order valence-electron chi connectivity index (χ1n) is 22.0. The molecule has 0 atom stereocenters. The lowest BCUT2D eigenvalue weighted by atomic mass is 9.79. The van der Waals surface area contributed by atoms with Gasteiger partial charge in [0, 0.05) is 27.6 Å². The van der Waals surface area contributed by atoms with Crippen molar-refractivity contribution >= 4 is 21.9 Å². The molecular weight excluding hydrogens is 757 g/mol. The number of hydrogen-bond acceptors (Lipinski definition) is 4. The Balaban J connectivity index is 1.50. The number of hydrogen-bond donors (Lipinski definition) is 1. The fraction of sp³-hybridized carbons (Fsp3) is 0.316. The van der Waals surface area contributed by atoms with Crippen LogP contribution in [0.25, 0.3) is 72.5 Å². The maximum Gasteiger partial charge on any atom is 0.149 e. The molecule has 5 nitrogen and oxygen atoms in total. The van der Waals surface area contributed by atoms with Crippen LogP contribution in [0.3, 0.4) is 0 Å². The Kier molecular flexibility index (Phi) is 10.4. The molecular formula is C57H62N4O. The Morgan fingerprint density at radius 1 is 0.500 bits per heavy atom. The highest BCUT2D eigenvalue weighted by Gasteiger charge is 2.30. The summed E-state index contributed by atoms with van der Waals surface area (Å²) >= 11 is 0. The van der Waals surface area contributed by atoms with Crippen molar-refractivity contribution in [2.45, 2.75) is 119 Å². The average molecular weight is 819 g/mol. The molecule has 0 aliphatic heterocycles. The molecule has 0 unspecified atom stereocenters. The standard InChI is InChI=1S/C57H62N4O/c1-34-25-35(2)49-44(26-34)50(59-33-58-49)38-27-37(28-40(29-38)55(6,7)8)42-21-18-22-48-51(42)60-53(45-31-41(56(9,10)11)32-46(52(45)62)57(12,13)14)61(48)47-24-23-39(54(3,4)5)30-43(47)36-19-16-15-17-20-36/h15-33,62H,1-14H3. The van der Waals surface area contributed by atoms with Gasteiger partial charge in [-0.25, -0.2) is 15.0 Å². The van der Waals surface area contributed by atoms with Gasteiger partial charge in [-0.15, -0.1) is 0 Å². The van der Waals surface area contributed by atoms with Crippen LogP contribution in [0, 0.1) is 13.8 Å². The molecule has 0 saturated heterocycles. The molecule has 2 aromatic heterocycles. The number of fused-ring (bicyclic) bond motifs is 2. The van der Waals surface area contributed by atoms with Crippen LogP contribution in [-0.4, -0.2) is 24.6 Å². The molecule has 0 radical (unpaired) electrons. The fourth-order valence-corrected chi connectivity index (χ4v) is 8.72. The molecule has 0 spiro atoms. The normalized spacial score (nSPS) is 12.7. The zero-order valence-corrected chi connectivity index (χ0v) is 39.2. The highest BCUT2D eigenvalue weighted by atomic mass is 16.3. The van der Waals surface area contributed by atoms with Crippen molar-refractivity contribution in [3.63, 3.8) is 0 Å². The zero-order valence-electron chi connectivity index (χ0n) is 39.2. The number of benzene rings is 6. The minimum atomic E-state index is -0.322. The maximum absolute atomic E-state index is 12.5. The Bertz CT molecular complexity index is 3010. The Hall–Kier alpha value is -6.07. The monoisotopic (exact) mass is 818 g/mol. The van der Waals surface area contributed by atoms with Gasteiger partial charge < -0.3 is 5.11 Å². The zero-order chi connectivity index (χ0) is 44.7. The van der Waals surface area contributed by atoms with Crippen LogP contribution < -0.4 is 0 Å². The van der Waals surface area contributed by atoms with E-state index >= 15 is 0 Å². The van der Waals surface area contributed by atoms with Crippen LogP contribution in [-0.2, 0) is 21.7 Å². The Morgan fingerprint density at radius 3 is 1.81 bits per heavy atom. The first kappa shape index (κ1) is 42.6. The van der Waals surface area contributed by atoms with Gasteiger partial charge in [-0.1, -0.05) is 155 Å². The first-order chi connectivity index (χ1) is 29.0. The van der Waals surface area contributed by atoms with Crippen LogP contribution >= 0.6 is 0 Å². The third kappa shape index (κ3) is 7.83. The lowest BCUT2D eigenvalue weighted by molar-refractivity contribution is 0.446. The molecule has 1 N–H and O–H groups in total. The van der Waals surface area contributed by atoms with Crippen LogP contribution in [0.15, 0.2) is 116 Å². The molecule has 0 aliphatic carbocycles. The minimum absolute atomic E-state index is 0.0713. The average Bonchev–Trinajstić information content (AvgIpc) is 3.58. The summed E-state index contributed by atoms with van der Waals surface area (Å²) < 4.78 is 2.29. The molecule has 0 fully saturated rings. The number of aryl methyl sites for hydroxylation is 2. The van der Waals surface area contributed by atoms with Gasteiger partial charge in [0.1, 0.15) is 17.9 Å².